The summed E-state index contributed by atoms with van der Waals surface area (Å²) >= 11 is 0. The van der Waals surface area contributed by atoms with Crippen molar-refractivity contribution < 1.29 is 33.4 Å². The van der Waals surface area contributed by atoms with Crippen LogP contribution in [0.4, 0.5) is 4.79 Å². The van der Waals surface area contributed by atoms with Crippen molar-refractivity contribution in [3.63, 3.8) is 0 Å². The topological polar surface area (TPSA) is 102 Å². The van der Waals surface area contributed by atoms with Crippen LogP contribution >= 0.6 is 0 Å². The number of esters is 2. The number of ether oxygens (including phenoxy) is 3. The lowest BCUT2D eigenvalue weighted by atomic mass is 9.99. The van der Waals surface area contributed by atoms with Crippen LogP contribution in [0.5, 0.6) is 0 Å². The summed E-state index contributed by atoms with van der Waals surface area (Å²) in [4.78, 5) is 52.3. The molecule has 0 aromatic heterocycles. The summed E-state index contributed by atoms with van der Waals surface area (Å²) in [5.74, 6) is -2.74. The molecular weight excluding hydrogens is 380 g/mol. The van der Waals surface area contributed by atoms with E-state index in [4.69, 9.17) is 14.2 Å². The van der Waals surface area contributed by atoms with E-state index in [-0.39, 0.29) is 18.2 Å². The molecule has 9 nitrogen and oxygen atoms in total. The number of hydrogen-bond acceptors (Lipinski definition) is 7. The predicted octanol–water partition coefficient (Wildman–Crippen LogP) is 1.87. The molecule has 0 aromatic rings. The molecule has 1 saturated heterocycles. The Morgan fingerprint density at radius 2 is 1.72 bits per heavy atom. The molecule has 0 spiro atoms. The molecule has 0 bridgehead atoms. The van der Waals surface area contributed by atoms with Gasteiger partial charge in [0, 0.05) is 20.0 Å². The normalized spacial score (nSPS) is 16.2. The first-order valence-corrected chi connectivity index (χ1v) is 9.78. The van der Waals surface area contributed by atoms with Crippen LogP contribution in [0.1, 0.15) is 41.5 Å². The van der Waals surface area contributed by atoms with E-state index in [0.29, 0.717) is 26.3 Å². The van der Waals surface area contributed by atoms with E-state index in [1.807, 2.05) is 6.29 Å². The highest BCUT2D eigenvalue weighted by Crippen LogP contribution is 2.28. The van der Waals surface area contributed by atoms with E-state index >= 15 is 0 Å². The monoisotopic (exact) mass is 411 g/mol. The van der Waals surface area contributed by atoms with Crippen LogP contribution < -0.4 is 0 Å². The quantitative estimate of drug-likeness (QED) is 0.341. The Balaban J connectivity index is 3.65. The molecule has 1 aliphatic heterocycles. The van der Waals surface area contributed by atoms with E-state index in [0.717, 1.165) is 6.92 Å². The first-order chi connectivity index (χ1) is 13.6. The van der Waals surface area contributed by atoms with E-state index in [9.17, 15) is 19.2 Å². The van der Waals surface area contributed by atoms with Gasteiger partial charge >= 0.3 is 18.0 Å². The van der Waals surface area contributed by atoms with E-state index in [1.54, 1.807) is 34.6 Å². The van der Waals surface area contributed by atoms with Crippen molar-refractivity contribution in [1.82, 2.24) is 9.80 Å². The Morgan fingerprint density at radius 1 is 1.14 bits per heavy atom. The Hall–Kier alpha value is -2.42. The van der Waals surface area contributed by atoms with Crippen molar-refractivity contribution in [1.29, 1.82) is 0 Å². The lowest BCUT2D eigenvalue weighted by Gasteiger charge is -2.39. The lowest BCUT2D eigenvalue weighted by molar-refractivity contribution is -0.150. The minimum absolute atomic E-state index is 0.0554. The van der Waals surface area contributed by atoms with Gasteiger partial charge in [-0.1, -0.05) is 27.7 Å². The van der Waals surface area contributed by atoms with Gasteiger partial charge < -0.3 is 19.1 Å². The van der Waals surface area contributed by atoms with Crippen LogP contribution in [0, 0.1) is 11.8 Å². The highest BCUT2D eigenvalue weighted by molar-refractivity contribution is 5.92. The number of nitrogens with zero attached hydrogens (tertiary/aromatic N) is 2. The highest BCUT2D eigenvalue weighted by Gasteiger charge is 2.38. The first-order valence-electron chi connectivity index (χ1n) is 9.78. The summed E-state index contributed by atoms with van der Waals surface area (Å²) in [5, 5.41) is 0. The molecular formula is C20H31N2O7. The number of rotatable bonds is 8. The van der Waals surface area contributed by atoms with Crippen molar-refractivity contribution in [3.8, 4) is 0 Å². The zero-order valence-electron chi connectivity index (χ0n) is 18.0. The molecule has 2 amide bonds. The largest absolute Gasteiger partial charge is 0.460 e. The molecule has 0 aromatic carbocycles. The third-order valence-electron chi connectivity index (χ3n) is 4.26. The number of carbonyl (C=O) groups excluding carboxylic acids is 4. The van der Waals surface area contributed by atoms with Gasteiger partial charge in [-0.05, 0) is 18.8 Å². The Kier molecular flexibility index (Phi) is 9.80. The predicted molar refractivity (Wildman–Crippen MR) is 104 cm³/mol. The van der Waals surface area contributed by atoms with Crippen molar-refractivity contribution in [2.24, 2.45) is 11.8 Å². The number of amides is 2. The average Bonchev–Trinajstić information content (AvgIpc) is 2.66. The summed E-state index contributed by atoms with van der Waals surface area (Å²) < 4.78 is 15.5. The molecule has 1 rings (SSSR count). The van der Waals surface area contributed by atoms with E-state index in [2.05, 4.69) is 0 Å². The summed E-state index contributed by atoms with van der Waals surface area (Å²) in [7, 11) is 0. The third kappa shape index (κ3) is 6.56. The van der Waals surface area contributed by atoms with Gasteiger partial charge in [0.05, 0.1) is 25.5 Å². The molecule has 1 aliphatic rings. The summed E-state index contributed by atoms with van der Waals surface area (Å²) in [6.45, 7) is 11.2. The molecule has 1 atom stereocenters. The van der Waals surface area contributed by atoms with E-state index < -0.39 is 35.7 Å². The van der Waals surface area contributed by atoms with Crippen molar-refractivity contribution in [2.75, 3.05) is 32.9 Å². The van der Waals surface area contributed by atoms with Gasteiger partial charge in [-0.15, -0.1) is 0 Å². The fraction of sp³-hybridized carbons (Fsp3) is 0.700. The molecule has 1 heterocycles. The minimum Gasteiger partial charge on any atom is -0.460 e. The summed E-state index contributed by atoms with van der Waals surface area (Å²) in [5.41, 5.74) is 0.109. The van der Waals surface area contributed by atoms with Crippen LogP contribution in [0.25, 0.3) is 0 Å². The van der Waals surface area contributed by atoms with Gasteiger partial charge in [0.25, 0.3) is 0 Å². The van der Waals surface area contributed by atoms with Crippen molar-refractivity contribution in [2.45, 2.75) is 47.6 Å². The maximum atomic E-state index is 13.4. The highest BCUT2D eigenvalue weighted by atomic mass is 16.6. The van der Waals surface area contributed by atoms with Crippen LogP contribution in [-0.2, 0) is 28.6 Å². The third-order valence-corrected chi connectivity index (χ3v) is 4.26. The molecule has 0 N–H and O–H groups in total. The number of urea groups is 1. The number of hydrogen-bond donors (Lipinski definition) is 0. The molecule has 0 aliphatic carbocycles. The fourth-order valence-electron chi connectivity index (χ4n) is 2.95. The van der Waals surface area contributed by atoms with Crippen molar-refractivity contribution in [3.05, 3.63) is 11.5 Å². The van der Waals surface area contributed by atoms with Gasteiger partial charge in [-0.3, -0.25) is 14.5 Å². The van der Waals surface area contributed by atoms with Gasteiger partial charge in [0.15, 0.2) is 0 Å². The molecule has 9 heteroatoms. The molecule has 163 valence electrons. The van der Waals surface area contributed by atoms with Gasteiger partial charge in [0.1, 0.15) is 6.04 Å². The summed E-state index contributed by atoms with van der Waals surface area (Å²) in [6, 6.07) is -1.46. The SMILES string of the molecule is CCOC(=O)C(OC(C)=O)=C(C(C)C)N(C(=O)N1CCOCC1)[C@H]([C]=O)C(C)C. The fourth-order valence-corrected chi connectivity index (χ4v) is 2.95. The molecule has 1 radical (unpaired) electrons. The second kappa shape index (κ2) is 11.5. The Labute approximate surface area is 171 Å². The van der Waals surface area contributed by atoms with Crippen LogP contribution in [-0.4, -0.2) is 73.0 Å². The van der Waals surface area contributed by atoms with Crippen molar-refractivity contribution >= 4 is 24.3 Å². The summed E-state index contributed by atoms with van der Waals surface area (Å²) in [6.07, 6.45) is 1.91. The van der Waals surface area contributed by atoms with Gasteiger partial charge in [-0.2, -0.15) is 0 Å². The Morgan fingerprint density at radius 3 is 2.14 bits per heavy atom. The Bertz CT molecular complexity index is 637. The first kappa shape index (κ1) is 24.6. The zero-order valence-corrected chi connectivity index (χ0v) is 18.0. The second-order valence-electron chi connectivity index (χ2n) is 7.24. The zero-order chi connectivity index (χ0) is 22.1. The van der Waals surface area contributed by atoms with Crippen LogP contribution in [0.2, 0.25) is 0 Å². The van der Waals surface area contributed by atoms with Crippen LogP contribution in [0.15, 0.2) is 11.5 Å². The second-order valence-corrected chi connectivity index (χ2v) is 7.24. The standard InChI is InChI=1S/C20H31N2O7/c1-7-28-19(25)18(29-15(6)24)17(14(4)5)22(16(12-23)13(2)3)20(26)21-8-10-27-11-9-21/h13-14,16H,7-11H2,1-6H3/t16-/m1/s1. The van der Waals surface area contributed by atoms with E-state index in [1.165, 1.54) is 9.80 Å². The maximum Gasteiger partial charge on any atom is 0.376 e. The lowest BCUT2D eigenvalue weighted by Crippen LogP contribution is -2.54. The van der Waals surface area contributed by atoms with Gasteiger partial charge in [-0.25, -0.2) is 9.59 Å². The smallest absolute Gasteiger partial charge is 0.376 e. The number of carbonyl (C=O) groups is 3. The molecule has 29 heavy (non-hydrogen) atoms. The van der Waals surface area contributed by atoms with Crippen LogP contribution in [0.3, 0.4) is 0 Å². The van der Waals surface area contributed by atoms with Gasteiger partial charge in [0.2, 0.25) is 12.0 Å². The average molecular weight is 411 g/mol. The molecule has 0 unspecified atom stereocenters. The molecule has 1 fully saturated rings. The minimum atomic E-state index is -0.984. The maximum absolute atomic E-state index is 13.4. The number of allylic oxidation sites excluding steroid dienone is 1. The molecule has 0 saturated carbocycles. The number of morpholine rings is 1.